The first-order valence-corrected chi connectivity index (χ1v) is 8.80. The van der Waals surface area contributed by atoms with Crippen LogP contribution in [0.3, 0.4) is 0 Å². The summed E-state index contributed by atoms with van der Waals surface area (Å²) in [5, 5.41) is 4.71. The van der Waals surface area contributed by atoms with E-state index in [4.69, 9.17) is 9.56 Å². The van der Waals surface area contributed by atoms with Crippen molar-refractivity contribution in [2.45, 2.75) is 38.2 Å². The Morgan fingerprint density at radius 2 is 2.13 bits per heavy atom. The van der Waals surface area contributed by atoms with Gasteiger partial charge in [0.15, 0.2) is 0 Å². The van der Waals surface area contributed by atoms with Crippen LogP contribution in [0.4, 0.5) is 0 Å². The predicted octanol–water partition coefficient (Wildman–Crippen LogP) is 1.91. The highest BCUT2D eigenvalue weighted by Crippen LogP contribution is 2.21. The van der Waals surface area contributed by atoms with Crippen LogP contribution in [0.5, 0.6) is 0 Å². The van der Waals surface area contributed by atoms with Gasteiger partial charge in [-0.2, -0.15) is 0 Å². The number of H-pyrrole nitrogens is 1. The molecule has 0 saturated carbocycles. The van der Waals surface area contributed by atoms with Crippen LogP contribution in [-0.4, -0.2) is 18.4 Å². The second-order valence-electron chi connectivity index (χ2n) is 5.10. The SMILES string of the molecule is CCCc1cc(=O)[nH]c(C(=Cc2coc(S(N)(=O)=O)c2)CC)n1. The molecule has 0 aliphatic rings. The van der Waals surface area contributed by atoms with Crippen LogP contribution in [0, 0.1) is 0 Å². The molecule has 0 aliphatic carbocycles. The summed E-state index contributed by atoms with van der Waals surface area (Å²) in [7, 11) is -3.88. The van der Waals surface area contributed by atoms with E-state index in [0.29, 0.717) is 17.8 Å². The van der Waals surface area contributed by atoms with Gasteiger partial charge in [-0.05, 0) is 24.5 Å². The van der Waals surface area contributed by atoms with E-state index in [1.54, 1.807) is 6.08 Å². The smallest absolute Gasteiger partial charge is 0.271 e. The lowest BCUT2D eigenvalue weighted by molar-refractivity contribution is 0.450. The standard InChI is InChI=1S/C15H19N3O4S/c1-3-5-12-8-13(19)18-15(17-12)11(4-2)6-10-7-14(22-9-10)23(16,20)21/h6-9H,3-5H2,1-2H3,(H2,16,20,21)(H,17,18,19). The number of furan rings is 1. The fourth-order valence-corrected chi connectivity index (χ4v) is 2.62. The monoisotopic (exact) mass is 337 g/mol. The van der Waals surface area contributed by atoms with Gasteiger partial charge < -0.3 is 9.40 Å². The maximum Gasteiger partial charge on any atom is 0.271 e. The number of sulfonamides is 1. The van der Waals surface area contributed by atoms with Crippen LogP contribution >= 0.6 is 0 Å². The Morgan fingerprint density at radius 1 is 1.39 bits per heavy atom. The van der Waals surface area contributed by atoms with Crippen LogP contribution in [0.1, 0.15) is 43.8 Å². The first-order valence-electron chi connectivity index (χ1n) is 7.26. The van der Waals surface area contributed by atoms with Gasteiger partial charge in [0, 0.05) is 23.4 Å². The minimum Gasteiger partial charge on any atom is -0.451 e. The lowest BCUT2D eigenvalue weighted by Gasteiger charge is -2.06. The molecule has 23 heavy (non-hydrogen) atoms. The van der Waals surface area contributed by atoms with Crippen LogP contribution in [0.15, 0.2) is 32.7 Å². The summed E-state index contributed by atoms with van der Waals surface area (Å²) in [6, 6.07) is 2.82. The number of primary sulfonamides is 1. The van der Waals surface area contributed by atoms with Crippen molar-refractivity contribution in [2.75, 3.05) is 0 Å². The Kier molecular flexibility index (Phi) is 5.17. The van der Waals surface area contributed by atoms with Gasteiger partial charge in [0.05, 0.1) is 6.26 Å². The number of allylic oxidation sites excluding steroid dienone is 1. The molecule has 3 N–H and O–H groups in total. The number of nitrogens with zero attached hydrogens (tertiary/aromatic N) is 1. The molecule has 0 radical (unpaired) electrons. The summed E-state index contributed by atoms with van der Waals surface area (Å²) in [6.45, 7) is 3.93. The van der Waals surface area contributed by atoms with Gasteiger partial charge in [-0.25, -0.2) is 18.5 Å². The fourth-order valence-electron chi connectivity index (χ4n) is 2.14. The van der Waals surface area contributed by atoms with Crippen LogP contribution in [-0.2, 0) is 16.4 Å². The zero-order valence-corrected chi connectivity index (χ0v) is 13.8. The molecular weight excluding hydrogens is 318 g/mol. The van der Waals surface area contributed by atoms with Crippen molar-refractivity contribution < 1.29 is 12.8 Å². The number of aromatic nitrogens is 2. The van der Waals surface area contributed by atoms with E-state index in [2.05, 4.69) is 9.97 Å². The number of rotatable bonds is 6. The van der Waals surface area contributed by atoms with Crippen LogP contribution in [0.2, 0.25) is 0 Å². The van der Waals surface area contributed by atoms with Crippen molar-refractivity contribution in [3.8, 4) is 0 Å². The van der Waals surface area contributed by atoms with Gasteiger partial charge >= 0.3 is 0 Å². The minimum absolute atomic E-state index is 0.213. The molecule has 0 spiro atoms. The molecule has 0 fully saturated rings. The van der Waals surface area contributed by atoms with E-state index >= 15 is 0 Å². The Balaban J connectivity index is 2.43. The molecule has 0 amide bonds. The molecule has 0 saturated heterocycles. The summed E-state index contributed by atoms with van der Waals surface area (Å²) in [6.07, 6.45) is 5.22. The summed E-state index contributed by atoms with van der Waals surface area (Å²) in [4.78, 5) is 18.9. The second-order valence-corrected chi connectivity index (χ2v) is 6.59. The molecule has 7 nitrogen and oxygen atoms in total. The van der Waals surface area contributed by atoms with Gasteiger partial charge in [0.2, 0.25) is 5.09 Å². The Bertz CT molecular complexity index is 878. The van der Waals surface area contributed by atoms with E-state index in [-0.39, 0.29) is 10.7 Å². The zero-order valence-electron chi connectivity index (χ0n) is 13.0. The number of nitrogens with one attached hydrogen (secondary N) is 1. The van der Waals surface area contributed by atoms with Crippen molar-refractivity contribution in [1.29, 1.82) is 0 Å². The van der Waals surface area contributed by atoms with E-state index in [9.17, 15) is 13.2 Å². The lowest BCUT2D eigenvalue weighted by atomic mass is 10.1. The van der Waals surface area contributed by atoms with Gasteiger partial charge in [-0.3, -0.25) is 4.79 Å². The summed E-state index contributed by atoms with van der Waals surface area (Å²) >= 11 is 0. The molecule has 2 heterocycles. The van der Waals surface area contributed by atoms with E-state index in [1.807, 2.05) is 13.8 Å². The highest BCUT2D eigenvalue weighted by Gasteiger charge is 2.13. The average Bonchev–Trinajstić information content (AvgIpc) is 2.93. The molecule has 0 atom stereocenters. The first-order chi connectivity index (χ1) is 10.8. The summed E-state index contributed by atoms with van der Waals surface area (Å²) in [5.74, 6) is 0.474. The molecule has 2 rings (SSSR count). The van der Waals surface area contributed by atoms with E-state index in [1.165, 1.54) is 18.4 Å². The fraction of sp³-hybridized carbons (Fsp3) is 0.333. The lowest BCUT2D eigenvalue weighted by Crippen LogP contribution is -2.12. The topological polar surface area (TPSA) is 119 Å². The maximum atomic E-state index is 11.8. The van der Waals surface area contributed by atoms with E-state index < -0.39 is 10.0 Å². The molecule has 124 valence electrons. The minimum atomic E-state index is -3.88. The zero-order chi connectivity index (χ0) is 17.0. The molecule has 8 heteroatoms. The van der Waals surface area contributed by atoms with Crippen LogP contribution in [0.25, 0.3) is 11.6 Å². The van der Waals surface area contributed by atoms with Crippen molar-refractivity contribution in [2.24, 2.45) is 5.14 Å². The molecule has 0 bridgehead atoms. The molecule has 0 aliphatic heterocycles. The Hall–Kier alpha value is -2.19. The van der Waals surface area contributed by atoms with Crippen molar-refractivity contribution in [3.63, 3.8) is 0 Å². The summed E-state index contributed by atoms with van der Waals surface area (Å²) in [5.41, 5.74) is 1.81. The average molecular weight is 337 g/mol. The Morgan fingerprint density at radius 3 is 2.70 bits per heavy atom. The third-order valence-electron chi connectivity index (χ3n) is 3.20. The number of aryl methyl sites for hydroxylation is 1. The highest BCUT2D eigenvalue weighted by atomic mass is 32.2. The molecular formula is C15H19N3O4S. The van der Waals surface area contributed by atoms with Gasteiger partial charge in [-0.1, -0.05) is 20.3 Å². The quantitative estimate of drug-likeness (QED) is 0.834. The number of nitrogens with two attached hydrogens (primary N) is 1. The van der Waals surface area contributed by atoms with E-state index in [0.717, 1.165) is 24.1 Å². The first kappa shape index (κ1) is 17.2. The largest absolute Gasteiger partial charge is 0.451 e. The van der Waals surface area contributed by atoms with Crippen molar-refractivity contribution >= 4 is 21.7 Å². The molecule has 2 aromatic rings. The van der Waals surface area contributed by atoms with Crippen molar-refractivity contribution in [3.05, 3.63) is 45.8 Å². The Labute approximate surface area is 134 Å². The number of hydrogen-bond donors (Lipinski definition) is 2. The van der Waals surface area contributed by atoms with Gasteiger partial charge in [-0.15, -0.1) is 0 Å². The third-order valence-corrected chi connectivity index (χ3v) is 3.98. The van der Waals surface area contributed by atoms with Gasteiger partial charge in [0.1, 0.15) is 5.82 Å². The normalized spacial score (nSPS) is 12.6. The predicted molar refractivity (Wildman–Crippen MR) is 87.1 cm³/mol. The maximum absolute atomic E-state index is 11.8. The number of aromatic amines is 1. The molecule has 2 aromatic heterocycles. The summed E-state index contributed by atoms with van der Waals surface area (Å²) < 4.78 is 27.4. The second kappa shape index (κ2) is 6.93. The molecule has 0 aromatic carbocycles. The van der Waals surface area contributed by atoms with Gasteiger partial charge in [0.25, 0.3) is 15.6 Å². The van der Waals surface area contributed by atoms with Crippen LogP contribution < -0.4 is 10.7 Å². The highest BCUT2D eigenvalue weighted by molar-refractivity contribution is 7.89. The third kappa shape index (κ3) is 4.40. The van der Waals surface area contributed by atoms with Crippen molar-refractivity contribution in [1.82, 2.24) is 9.97 Å². The number of hydrogen-bond acceptors (Lipinski definition) is 5. The molecule has 0 unspecified atom stereocenters.